The van der Waals surface area contributed by atoms with Gasteiger partial charge in [0.05, 0.1) is 15.1 Å². The van der Waals surface area contributed by atoms with Crippen molar-refractivity contribution >= 4 is 21.9 Å². The summed E-state index contributed by atoms with van der Waals surface area (Å²) in [5, 5.41) is -0.214. The van der Waals surface area contributed by atoms with Crippen molar-refractivity contribution < 1.29 is 19.5 Å². The van der Waals surface area contributed by atoms with Gasteiger partial charge in [-0.25, -0.2) is 15.0 Å². The predicted molar refractivity (Wildman–Crippen MR) is 200 cm³/mol. The maximum Gasteiger partial charge on any atom is 0.164 e. The standard InChI is InChI=1S/C45H29N3O/c1-4-11-30(12-5-1)33-19-23-35(24-20-33)43-46-44(36-25-21-34(22-26-36)31-13-6-2-7-14-31)48-45(47-43)39-17-10-18-40-42(39)38-28-27-37(29-41(38)49-40)32-15-8-3-9-16-32/h1-29H/i3D,8D,9D,10D,15D,16D,17D,18D,27D,28D,29D. The van der Waals surface area contributed by atoms with Crippen molar-refractivity contribution in [3.8, 4) is 67.5 Å². The first kappa shape index (κ1) is 19.2. The molecule has 0 bridgehead atoms. The van der Waals surface area contributed by atoms with Gasteiger partial charge in [0, 0.05) is 27.5 Å². The first-order valence-corrected chi connectivity index (χ1v) is 15.5. The van der Waals surface area contributed by atoms with Crippen LogP contribution in [-0.2, 0) is 0 Å². The van der Waals surface area contributed by atoms with Crippen molar-refractivity contribution in [3.05, 3.63) is 176 Å². The van der Waals surface area contributed by atoms with Crippen molar-refractivity contribution in [1.82, 2.24) is 15.0 Å². The second-order valence-corrected chi connectivity index (χ2v) is 11.2. The highest BCUT2D eigenvalue weighted by molar-refractivity contribution is 6.12. The molecule has 4 heteroatoms. The van der Waals surface area contributed by atoms with Crippen LogP contribution in [0.15, 0.2) is 180 Å². The van der Waals surface area contributed by atoms with Gasteiger partial charge in [-0.15, -0.1) is 0 Å². The van der Waals surface area contributed by atoms with Crippen LogP contribution < -0.4 is 0 Å². The Morgan fingerprint density at radius 2 is 0.918 bits per heavy atom. The summed E-state index contributed by atoms with van der Waals surface area (Å²) in [6.45, 7) is 0. The van der Waals surface area contributed by atoms with Gasteiger partial charge >= 0.3 is 0 Å². The summed E-state index contributed by atoms with van der Waals surface area (Å²) >= 11 is 0. The first-order chi connectivity index (χ1) is 28.8. The third-order valence-corrected chi connectivity index (χ3v) is 8.18. The van der Waals surface area contributed by atoms with E-state index in [1.165, 1.54) is 0 Å². The molecular formula is C45H29N3O. The zero-order chi connectivity index (χ0) is 42.1. The van der Waals surface area contributed by atoms with Crippen LogP contribution in [0.2, 0.25) is 0 Å². The quantitative estimate of drug-likeness (QED) is 0.182. The number of aromatic nitrogens is 3. The van der Waals surface area contributed by atoms with Gasteiger partial charge in [0.15, 0.2) is 17.5 Å². The van der Waals surface area contributed by atoms with E-state index < -0.39 is 77.6 Å². The minimum Gasteiger partial charge on any atom is -0.456 e. The summed E-state index contributed by atoms with van der Waals surface area (Å²) in [6.07, 6.45) is 0. The monoisotopic (exact) mass is 638 g/mol. The average Bonchev–Trinajstić information content (AvgIpc) is 3.69. The van der Waals surface area contributed by atoms with Crippen LogP contribution in [0.5, 0.6) is 0 Å². The topological polar surface area (TPSA) is 51.8 Å². The van der Waals surface area contributed by atoms with Gasteiger partial charge < -0.3 is 4.42 Å². The van der Waals surface area contributed by atoms with Gasteiger partial charge in [-0.2, -0.15) is 0 Å². The Kier molecular flexibility index (Phi) is 4.78. The highest BCUT2D eigenvalue weighted by Crippen LogP contribution is 2.38. The van der Waals surface area contributed by atoms with Crippen LogP contribution in [0.1, 0.15) is 15.1 Å². The van der Waals surface area contributed by atoms with Gasteiger partial charge in [-0.05, 0) is 51.5 Å². The molecule has 0 aliphatic heterocycles. The largest absolute Gasteiger partial charge is 0.456 e. The minimum atomic E-state index is -0.680. The van der Waals surface area contributed by atoms with Crippen molar-refractivity contribution in [3.63, 3.8) is 0 Å². The van der Waals surface area contributed by atoms with Gasteiger partial charge in [-0.1, -0.05) is 158 Å². The van der Waals surface area contributed by atoms with Crippen molar-refractivity contribution in [2.45, 2.75) is 0 Å². The van der Waals surface area contributed by atoms with E-state index in [0.29, 0.717) is 11.1 Å². The number of hydrogen-bond donors (Lipinski definition) is 0. The van der Waals surface area contributed by atoms with E-state index in [4.69, 9.17) is 30.3 Å². The third kappa shape index (κ3) is 5.45. The molecule has 0 amide bonds. The molecule has 0 fully saturated rings. The maximum atomic E-state index is 9.25. The second kappa shape index (κ2) is 12.2. The first-order valence-electron chi connectivity index (χ1n) is 21.0. The van der Waals surface area contributed by atoms with Gasteiger partial charge in [0.25, 0.3) is 0 Å². The molecule has 0 atom stereocenters. The van der Waals surface area contributed by atoms with E-state index in [-0.39, 0.29) is 45.0 Å². The summed E-state index contributed by atoms with van der Waals surface area (Å²) in [6, 6.07) is 28.2. The molecule has 0 N–H and O–H groups in total. The highest BCUT2D eigenvalue weighted by atomic mass is 16.3. The fourth-order valence-electron chi connectivity index (χ4n) is 5.75. The fraction of sp³-hybridized carbons (Fsp3) is 0. The number of nitrogens with zero attached hydrogens (tertiary/aromatic N) is 3. The molecule has 7 aromatic carbocycles. The molecule has 0 unspecified atom stereocenters. The summed E-state index contributed by atoms with van der Waals surface area (Å²) < 4.78 is 102. The van der Waals surface area contributed by atoms with Crippen molar-refractivity contribution in [2.75, 3.05) is 0 Å². The molecule has 0 aliphatic rings. The van der Waals surface area contributed by atoms with E-state index in [9.17, 15) is 4.11 Å². The van der Waals surface area contributed by atoms with E-state index in [1.807, 2.05) is 109 Å². The van der Waals surface area contributed by atoms with Crippen LogP contribution in [0.25, 0.3) is 89.5 Å². The second-order valence-electron chi connectivity index (χ2n) is 11.2. The van der Waals surface area contributed by atoms with E-state index in [0.717, 1.165) is 22.3 Å². The maximum absolute atomic E-state index is 9.25. The summed E-state index contributed by atoms with van der Waals surface area (Å²) in [5.41, 5.74) is 3.55. The van der Waals surface area contributed by atoms with Crippen LogP contribution in [0, 0.1) is 0 Å². The average molecular weight is 639 g/mol. The van der Waals surface area contributed by atoms with Crippen LogP contribution in [-0.4, -0.2) is 15.0 Å². The minimum absolute atomic E-state index is 0.0578. The molecule has 4 nitrogen and oxygen atoms in total. The summed E-state index contributed by atoms with van der Waals surface area (Å²) in [7, 11) is 0. The third-order valence-electron chi connectivity index (χ3n) is 8.18. The van der Waals surface area contributed by atoms with Crippen molar-refractivity contribution in [2.24, 2.45) is 0 Å². The normalized spacial score (nSPS) is 14.4. The Bertz CT molecular complexity index is 3060. The lowest BCUT2D eigenvalue weighted by atomic mass is 10.0. The molecule has 0 saturated carbocycles. The highest BCUT2D eigenvalue weighted by Gasteiger charge is 2.18. The van der Waals surface area contributed by atoms with Crippen molar-refractivity contribution in [1.29, 1.82) is 0 Å². The molecule has 0 saturated heterocycles. The molecule has 2 aromatic heterocycles. The lowest BCUT2D eigenvalue weighted by Crippen LogP contribution is -2.00. The molecule has 0 aliphatic carbocycles. The van der Waals surface area contributed by atoms with E-state index >= 15 is 0 Å². The molecule has 9 aromatic rings. The van der Waals surface area contributed by atoms with Crippen LogP contribution in [0.3, 0.4) is 0 Å². The number of rotatable bonds is 6. The Morgan fingerprint density at radius 1 is 0.388 bits per heavy atom. The van der Waals surface area contributed by atoms with Gasteiger partial charge in [0.2, 0.25) is 0 Å². The predicted octanol–water partition coefficient (Wildman–Crippen LogP) is 11.8. The fourth-order valence-corrected chi connectivity index (χ4v) is 5.75. The number of fused-ring (bicyclic) bond motifs is 3. The Balaban J connectivity index is 1.31. The lowest BCUT2D eigenvalue weighted by Gasteiger charge is -2.10. The molecule has 0 radical (unpaired) electrons. The summed E-state index contributed by atoms with van der Waals surface area (Å²) in [5.74, 6) is 0.355. The zero-order valence-corrected chi connectivity index (χ0v) is 25.6. The SMILES string of the molecule is [2H]c1c([2H])c([2H])c(-c2c([2H])c([2H])c3c(oc4c([2H])c([2H])c([2H])c(-c5nc(-c6ccc(-c7ccccc7)cc6)nc(-c6ccc(-c7ccccc7)cc6)n5)c43)c2[2H])c([2H])c1[2H]. The molecule has 49 heavy (non-hydrogen) atoms. The molecule has 230 valence electrons. The number of hydrogen-bond acceptors (Lipinski definition) is 4. The lowest BCUT2D eigenvalue weighted by molar-refractivity contribution is 0.669. The Hall–Kier alpha value is -6.65. The smallest absolute Gasteiger partial charge is 0.164 e. The number of benzene rings is 7. The van der Waals surface area contributed by atoms with Gasteiger partial charge in [-0.3, -0.25) is 0 Å². The van der Waals surface area contributed by atoms with Crippen LogP contribution in [0.4, 0.5) is 0 Å². The van der Waals surface area contributed by atoms with Gasteiger partial charge in [0.1, 0.15) is 11.2 Å². The van der Waals surface area contributed by atoms with E-state index in [1.54, 1.807) is 0 Å². The Labute approximate surface area is 299 Å². The zero-order valence-electron chi connectivity index (χ0n) is 36.6. The molecule has 9 rings (SSSR count). The molecule has 2 heterocycles. The Morgan fingerprint density at radius 3 is 1.51 bits per heavy atom. The molecular weight excluding hydrogens is 599 g/mol. The molecule has 0 spiro atoms. The van der Waals surface area contributed by atoms with E-state index in [2.05, 4.69) is 0 Å². The van der Waals surface area contributed by atoms with Crippen LogP contribution >= 0.6 is 0 Å². The number of furan rings is 1. The summed E-state index contributed by atoms with van der Waals surface area (Å²) in [4.78, 5) is 14.5.